The molecule has 0 saturated carbocycles. The van der Waals surface area contributed by atoms with Gasteiger partial charge in [-0.2, -0.15) is 0 Å². The molecule has 1 aliphatic rings. The van der Waals surface area contributed by atoms with Gasteiger partial charge in [0.2, 0.25) is 12.2 Å². The molecule has 0 atom stereocenters. The van der Waals surface area contributed by atoms with Crippen LogP contribution in [-0.2, 0) is 14.4 Å². The van der Waals surface area contributed by atoms with Gasteiger partial charge in [0, 0.05) is 13.0 Å². The molecule has 0 unspecified atom stereocenters. The van der Waals surface area contributed by atoms with Gasteiger partial charge in [0.15, 0.2) is 5.78 Å². The first-order chi connectivity index (χ1) is 8.79. The number of rotatable bonds is 2. The van der Waals surface area contributed by atoms with E-state index in [0.717, 1.165) is 29.7 Å². The van der Waals surface area contributed by atoms with Crippen molar-refractivity contribution in [2.75, 3.05) is 6.61 Å². The van der Waals surface area contributed by atoms with Crippen molar-refractivity contribution in [3.05, 3.63) is 11.1 Å². The van der Waals surface area contributed by atoms with Crippen LogP contribution in [0.3, 0.4) is 0 Å². The van der Waals surface area contributed by atoms with E-state index >= 15 is 0 Å². The Bertz CT molecular complexity index is 387. The fourth-order valence-electron chi connectivity index (χ4n) is 2.13. The normalized spacial score (nSPS) is 16.1. The van der Waals surface area contributed by atoms with E-state index in [2.05, 4.69) is 13.8 Å². The average Bonchev–Trinajstić information content (AvgIpc) is 2.24. The van der Waals surface area contributed by atoms with Gasteiger partial charge in [-0.3, -0.25) is 4.79 Å². The van der Waals surface area contributed by atoms with E-state index in [-0.39, 0.29) is 17.8 Å². The fraction of sp³-hybridized carbons (Fsp3) is 0.615. The Morgan fingerprint density at radius 1 is 1.21 bits per heavy atom. The molecule has 0 aliphatic heterocycles. The molecule has 19 heavy (non-hydrogen) atoms. The SMILES string of the molecule is CC1=C(CCO)C(=O)CC(C)(C)C1.N=C=O.N=C=O. The second kappa shape index (κ2) is 10.1. The Hall–Kier alpha value is -1.87. The molecule has 0 saturated heterocycles. The molecule has 0 fully saturated rings. The maximum atomic E-state index is 11.6. The highest BCUT2D eigenvalue weighted by atomic mass is 16.3. The number of Topliss-reactive ketones (excluding diaryl/α,β-unsaturated/α-hetero) is 1. The summed E-state index contributed by atoms with van der Waals surface area (Å²) in [7, 11) is 0. The predicted octanol–water partition coefficient (Wildman–Crippen LogP) is 1.88. The standard InChI is InChI=1S/C11H18O2.2CHNO/c1-8-6-11(2,3)7-10(13)9(8)4-5-12;2*2-1-3/h12H,4-7H2,1-3H3;2*2H. The molecule has 0 aromatic rings. The van der Waals surface area contributed by atoms with Gasteiger partial charge in [0.25, 0.3) is 0 Å². The number of hydrogen-bond donors (Lipinski definition) is 3. The molecule has 1 rings (SSSR count). The minimum atomic E-state index is 0.0822. The Balaban J connectivity index is 0. The minimum absolute atomic E-state index is 0.0822. The minimum Gasteiger partial charge on any atom is -0.396 e. The highest BCUT2D eigenvalue weighted by Crippen LogP contribution is 2.37. The second-order valence-corrected chi connectivity index (χ2v) is 4.88. The van der Waals surface area contributed by atoms with E-state index in [1.54, 1.807) is 0 Å². The molecule has 0 radical (unpaired) electrons. The summed E-state index contributed by atoms with van der Waals surface area (Å²) in [5.74, 6) is 0.225. The fourth-order valence-corrected chi connectivity index (χ4v) is 2.13. The lowest BCUT2D eigenvalue weighted by atomic mass is 9.73. The number of isocyanates is 2. The van der Waals surface area contributed by atoms with Gasteiger partial charge in [0.1, 0.15) is 0 Å². The smallest absolute Gasteiger partial charge is 0.231 e. The third-order valence-corrected chi connectivity index (χ3v) is 2.60. The number of allylic oxidation sites excluding steroid dienone is 1. The van der Waals surface area contributed by atoms with Gasteiger partial charge in [0.05, 0.1) is 0 Å². The van der Waals surface area contributed by atoms with E-state index in [1.165, 1.54) is 0 Å². The van der Waals surface area contributed by atoms with E-state index in [4.69, 9.17) is 25.5 Å². The molecular formula is C13H20N2O4. The van der Waals surface area contributed by atoms with Crippen molar-refractivity contribution >= 4 is 17.9 Å². The Morgan fingerprint density at radius 2 is 1.63 bits per heavy atom. The zero-order chi connectivity index (χ0) is 15.5. The van der Waals surface area contributed by atoms with E-state index in [9.17, 15) is 4.79 Å². The first kappa shape index (κ1) is 19.5. The number of hydrogen-bond acceptors (Lipinski definition) is 6. The van der Waals surface area contributed by atoms with E-state index in [1.807, 2.05) is 6.92 Å². The van der Waals surface area contributed by atoms with E-state index < -0.39 is 0 Å². The third kappa shape index (κ3) is 8.80. The molecule has 0 aromatic carbocycles. The van der Waals surface area contributed by atoms with Crippen LogP contribution in [0.15, 0.2) is 11.1 Å². The predicted molar refractivity (Wildman–Crippen MR) is 69.3 cm³/mol. The van der Waals surface area contributed by atoms with Crippen LogP contribution < -0.4 is 0 Å². The molecule has 3 N–H and O–H groups in total. The van der Waals surface area contributed by atoms with Gasteiger partial charge in [-0.15, -0.1) is 0 Å². The molecule has 1 aliphatic carbocycles. The lowest BCUT2D eigenvalue weighted by Gasteiger charge is -2.30. The van der Waals surface area contributed by atoms with Gasteiger partial charge in [-0.25, -0.2) is 20.4 Å². The molecule has 0 aromatic heterocycles. The first-order valence-corrected chi connectivity index (χ1v) is 5.70. The Kier molecular flexibility index (Phi) is 10.3. The summed E-state index contributed by atoms with van der Waals surface area (Å²) in [5.41, 5.74) is 2.14. The summed E-state index contributed by atoms with van der Waals surface area (Å²) in [5, 5.41) is 19.6. The number of carbonyl (C=O) groups is 1. The summed E-state index contributed by atoms with van der Waals surface area (Å²) in [4.78, 5) is 28.3. The molecule has 0 bridgehead atoms. The number of ketones is 1. The number of carbonyl (C=O) groups excluding carboxylic acids is 3. The molecule has 106 valence electrons. The second-order valence-electron chi connectivity index (χ2n) is 4.88. The van der Waals surface area contributed by atoms with Gasteiger partial charge in [-0.05, 0) is 30.8 Å². The lowest BCUT2D eigenvalue weighted by Crippen LogP contribution is -2.25. The highest BCUT2D eigenvalue weighted by Gasteiger charge is 2.30. The summed E-state index contributed by atoms with van der Waals surface area (Å²) >= 11 is 0. The van der Waals surface area contributed by atoms with Crippen molar-refractivity contribution in [1.29, 1.82) is 10.8 Å². The van der Waals surface area contributed by atoms with Crippen molar-refractivity contribution in [1.82, 2.24) is 0 Å². The molecule has 6 nitrogen and oxygen atoms in total. The lowest BCUT2D eigenvalue weighted by molar-refractivity contribution is -0.118. The van der Waals surface area contributed by atoms with Gasteiger partial charge >= 0.3 is 0 Å². The van der Waals surface area contributed by atoms with Crippen molar-refractivity contribution < 1.29 is 19.5 Å². The Morgan fingerprint density at radius 3 is 1.95 bits per heavy atom. The molecular weight excluding hydrogens is 248 g/mol. The summed E-state index contributed by atoms with van der Waals surface area (Å²) < 4.78 is 0. The van der Waals surface area contributed by atoms with Gasteiger partial charge in [-0.1, -0.05) is 19.4 Å². The largest absolute Gasteiger partial charge is 0.396 e. The monoisotopic (exact) mass is 268 g/mol. The van der Waals surface area contributed by atoms with Crippen LogP contribution in [0.25, 0.3) is 0 Å². The van der Waals surface area contributed by atoms with Crippen LogP contribution in [-0.4, -0.2) is 29.7 Å². The van der Waals surface area contributed by atoms with Crippen LogP contribution in [0, 0.1) is 16.2 Å². The zero-order valence-electron chi connectivity index (χ0n) is 11.5. The summed E-state index contributed by atoms with van der Waals surface area (Å²) in [6.07, 6.45) is 3.63. The van der Waals surface area contributed by atoms with Crippen LogP contribution in [0.5, 0.6) is 0 Å². The van der Waals surface area contributed by atoms with Crippen LogP contribution >= 0.6 is 0 Å². The summed E-state index contributed by atoms with van der Waals surface area (Å²) in [6, 6.07) is 0. The number of aliphatic hydroxyl groups is 1. The quantitative estimate of drug-likeness (QED) is 0.523. The number of aliphatic hydroxyl groups excluding tert-OH is 1. The number of nitrogens with one attached hydrogen (secondary N) is 2. The molecule has 0 amide bonds. The van der Waals surface area contributed by atoms with Crippen molar-refractivity contribution in [2.45, 2.75) is 40.0 Å². The van der Waals surface area contributed by atoms with Crippen molar-refractivity contribution in [3.63, 3.8) is 0 Å². The molecule has 6 heteroatoms. The molecule has 0 heterocycles. The van der Waals surface area contributed by atoms with Crippen LogP contribution in [0.4, 0.5) is 0 Å². The Labute approximate surface area is 112 Å². The van der Waals surface area contributed by atoms with Crippen LogP contribution in [0.1, 0.15) is 40.0 Å². The van der Waals surface area contributed by atoms with Crippen molar-refractivity contribution in [3.8, 4) is 0 Å². The van der Waals surface area contributed by atoms with Crippen LogP contribution in [0.2, 0.25) is 0 Å². The van der Waals surface area contributed by atoms with Gasteiger partial charge < -0.3 is 5.11 Å². The topological polar surface area (TPSA) is 119 Å². The molecule has 0 spiro atoms. The zero-order valence-corrected chi connectivity index (χ0v) is 11.5. The van der Waals surface area contributed by atoms with Crippen molar-refractivity contribution in [2.24, 2.45) is 5.41 Å². The highest BCUT2D eigenvalue weighted by molar-refractivity contribution is 5.97. The maximum absolute atomic E-state index is 11.6. The first-order valence-electron chi connectivity index (χ1n) is 5.70. The maximum Gasteiger partial charge on any atom is 0.231 e. The average molecular weight is 268 g/mol. The van der Waals surface area contributed by atoms with E-state index in [0.29, 0.717) is 12.8 Å². The third-order valence-electron chi connectivity index (χ3n) is 2.60. The summed E-state index contributed by atoms with van der Waals surface area (Å²) in [6.45, 7) is 6.32.